The number of benzene rings is 1. The van der Waals surface area contributed by atoms with Gasteiger partial charge < -0.3 is 9.22 Å². The average molecular weight is 283 g/mol. The summed E-state index contributed by atoms with van der Waals surface area (Å²) in [6.45, 7) is 11.4. The molecular weight excluding hydrogens is 256 g/mol. The van der Waals surface area contributed by atoms with Crippen molar-refractivity contribution in [3.8, 4) is 5.75 Å². The minimum atomic E-state index is -1.53. The highest BCUT2D eigenvalue weighted by Crippen LogP contribution is 2.23. The predicted octanol–water partition coefficient (Wildman–Crippen LogP) is 4.38. The number of hydrogen-bond acceptors (Lipinski definition) is 2. The van der Waals surface area contributed by atoms with Gasteiger partial charge in [0.25, 0.3) is 0 Å². The van der Waals surface area contributed by atoms with Gasteiger partial charge in [-0.05, 0) is 63.3 Å². The van der Waals surface area contributed by atoms with Crippen LogP contribution in [0.5, 0.6) is 5.75 Å². The zero-order valence-electron chi connectivity index (χ0n) is 12.3. The third-order valence-electron chi connectivity index (χ3n) is 2.80. The first-order valence-electron chi connectivity index (χ1n) is 6.67. The van der Waals surface area contributed by atoms with Gasteiger partial charge in [-0.1, -0.05) is 18.2 Å². The molecule has 1 rings (SSSR count). The molecular formula is C14H26O2Si2. The Morgan fingerprint density at radius 1 is 1.06 bits per heavy atom. The topological polar surface area (TPSA) is 29.5 Å². The van der Waals surface area contributed by atoms with Gasteiger partial charge in [-0.25, -0.2) is 0 Å². The van der Waals surface area contributed by atoms with E-state index in [2.05, 4.69) is 32.7 Å². The van der Waals surface area contributed by atoms with Crippen LogP contribution in [-0.4, -0.2) is 21.7 Å². The first-order valence-corrected chi connectivity index (χ1v) is 13.2. The van der Waals surface area contributed by atoms with Crippen LogP contribution in [0.25, 0.3) is 0 Å². The van der Waals surface area contributed by atoms with Gasteiger partial charge in [0.1, 0.15) is 5.75 Å². The first kappa shape index (κ1) is 15.5. The van der Waals surface area contributed by atoms with Crippen molar-refractivity contribution >= 4 is 16.6 Å². The van der Waals surface area contributed by atoms with Gasteiger partial charge in [0.05, 0.1) is 0 Å². The van der Waals surface area contributed by atoms with Gasteiger partial charge in [0, 0.05) is 0 Å². The molecule has 0 aliphatic rings. The monoisotopic (exact) mass is 282 g/mol. The van der Waals surface area contributed by atoms with E-state index >= 15 is 0 Å². The maximum atomic E-state index is 9.71. The number of hydrogen-bond donors (Lipinski definition) is 1. The molecule has 0 aromatic heterocycles. The number of aromatic hydroxyl groups is 1. The van der Waals surface area contributed by atoms with Crippen molar-refractivity contribution < 1.29 is 9.22 Å². The normalized spacial score (nSPS) is 12.7. The highest BCUT2D eigenvalue weighted by atomic mass is 28.4. The van der Waals surface area contributed by atoms with Crippen molar-refractivity contribution in [2.45, 2.75) is 51.6 Å². The fourth-order valence-electron chi connectivity index (χ4n) is 2.31. The molecule has 0 heterocycles. The number of aryl methyl sites for hydroxylation is 1. The Morgan fingerprint density at radius 3 is 2.22 bits per heavy atom. The van der Waals surface area contributed by atoms with Crippen LogP contribution in [0.4, 0.5) is 0 Å². The molecule has 4 heteroatoms. The Hall–Kier alpha value is -0.586. The SMILES string of the molecule is C[Si](C)(C)O[Si](C)(C)CCCc1ccccc1O. The molecule has 102 valence electrons. The highest BCUT2D eigenvalue weighted by molar-refractivity contribution is 6.84. The summed E-state index contributed by atoms with van der Waals surface area (Å²) in [4.78, 5) is 0. The number of para-hydroxylation sites is 1. The quantitative estimate of drug-likeness (QED) is 0.785. The molecule has 2 nitrogen and oxygen atoms in total. The van der Waals surface area contributed by atoms with Gasteiger partial charge in [0.2, 0.25) is 0 Å². The second kappa shape index (κ2) is 6.04. The molecule has 0 amide bonds. The molecule has 0 fully saturated rings. The maximum Gasteiger partial charge on any atom is 0.173 e. The van der Waals surface area contributed by atoms with Crippen molar-refractivity contribution in [3.63, 3.8) is 0 Å². The van der Waals surface area contributed by atoms with Crippen LogP contribution in [0.2, 0.25) is 38.8 Å². The minimum absolute atomic E-state index is 0.420. The summed E-state index contributed by atoms with van der Waals surface area (Å²) in [6, 6.07) is 8.77. The van der Waals surface area contributed by atoms with Crippen molar-refractivity contribution in [2.24, 2.45) is 0 Å². The summed E-state index contributed by atoms with van der Waals surface area (Å²) in [5.74, 6) is 0.420. The fraction of sp³-hybridized carbons (Fsp3) is 0.571. The number of rotatable bonds is 6. The molecule has 0 atom stereocenters. The smallest absolute Gasteiger partial charge is 0.173 e. The van der Waals surface area contributed by atoms with Gasteiger partial charge in [-0.2, -0.15) is 0 Å². The van der Waals surface area contributed by atoms with Crippen molar-refractivity contribution in [1.82, 2.24) is 0 Å². The Balaban J connectivity index is 2.44. The van der Waals surface area contributed by atoms with Crippen LogP contribution in [-0.2, 0) is 10.5 Å². The second-order valence-electron chi connectivity index (χ2n) is 6.46. The molecule has 0 radical (unpaired) electrons. The molecule has 18 heavy (non-hydrogen) atoms. The van der Waals surface area contributed by atoms with Crippen LogP contribution in [0.1, 0.15) is 12.0 Å². The lowest BCUT2D eigenvalue weighted by Gasteiger charge is -2.31. The van der Waals surface area contributed by atoms with Crippen molar-refractivity contribution in [1.29, 1.82) is 0 Å². The van der Waals surface area contributed by atoms with Crippen molar-refractivity contribution in [3.05, 3.63) is 29.8 Å². The zero-order valence-corrected chi connectivity index (χ0v) is 14.3. The Labute approximate surface area is 113 Å². The summed E-state index contributed by atoms with van der Waals surface area (Å²) in [7, 11) is -2.95. The number of phenolic OH excluding ortho intramolecular Hbond substituents is 1. The fourth-order valence-corrected chi connectivity index (χ4v) is 10.4. The largest absolute Gasteiger partial charge is 0.508 e. The molecule has 0 unspecified atom stereocenters. The molecule has 1 aromatic rings. The van der Waals surface area contributed by atoms with E-state index in [0.29, 0.717) is 5.75 Å². The first-order chi connectivity index (χ1) is 8.20. The highest BCUT2D eigenvalue weighted by Gasteiger charge is 2.28. The maximum absolute atomic E-state index is 9.71. The lowest BCUT2D eigenvalue weighted by molar-refractivity contribution is 0.467. The molecule has 0 aliphatic carbocycles. The average Bonchev–Trinajstić information content (AvgIpc) is 2.17. The van der Waals surface area contributed by atoms with E-state index in [1.165, 1.54) is 0 Å². The Bertz CT molecular complexity index is 384. The molecule has 0 saturated heterocycles. The third-order valence-corrected chi connectivity index (χ3v) is 9.02. The van der Waals surface area contributed by atoms with E-state index in [4.69, 9.17) is 4.12 Å². The molecule has 0 aliphatic heterocycles. The van der Waals surface area contributed by atoms with Crippen molar-refractivity contribution in [2.75, 3.05) is 0 Å². The van der Waals surface area contributed by atoms with E-state index in [9.17, 15) is 5.11 Å². The zero-order chi connectivity index (χ0) is 13.8. The standard InChI is InChI=1S/C14H26O2Si2/c1-17(2,3)16-18(4,5)12-8-10-13-9-6-7-11-14(13)15/h6-7,9,11,15H,8,10,12H2,1-5H3. The lowest BCUT2D eigenvalue weighted by Crippen LogP contribution is -2.42. The summed E-state index contributed by atoms with van der Waals surface area (Å²) < 4.78 is 6.31. The number of phenols is 1. The molecule has 0 saturated carbocycles. The molecule has 0 spiro atoms. The summed E-state index contributed by atoms with van der Waals surface area (Å²) in [6.07, 6.45) is 2.04. The van der Waals surface area contributed by atoms with Crippen LogP contribution in [0.15, 0.2) is 24.3 Å². The van der Waals surface area contributed by atoms with Crippen LogP contribution < -0.4 is 0 Å². The molecule has 0 bridgehead atoms. The second-order valence-corrected chi connectivity index (χ2v) is 15.5. The van der Waals surface area contributed by atoms with E-state index < -0.39 is 16.6 Å². The summed E-state index contributed by atoms with van der Waals surface area (Å²) >= 11 is 0. The minimum Gasteiger partial charge on any atom is -0.508 e. The predicted molar refractivity (Wildman–Crippen MR) is 83.1 cm³/mol. The van der Waals surface area contributed by atoms with Gasteiger partial charge >= 0.3 is 0 Å². The van der Waals surface area contributed by atoms with E-state index in [0.717, 1.165) is 24.4 Å². The van der Waals surface area contributed by atoms with Crippen LogP contribution in [0.3, 0.4) is 0 Å². The lowest BCUT2D eigenvalue weighted by atomic mass is 10.1. The van der Waals surface area contributed by atoms with Gasteiger partial charge in [-0.15, -0.1) is 0 Å². The Kier molecular flexibility index (Phi) is 5.19. The molecule has 1 N–H and O–H groups in total. The van der Waals surface area contributed by atoms with Gasteiger partial charge in [-0.3, -0.25) is 0 Å². The molecule has 1 aromatic carbocycles. The Morgan fingerprint density at radius 2 is 1.67 bits per heavy atom. The summed E-state index contributed by atoms with van der Waals surface area (Å²) in [5.41, 5.74) is 1.05. The van der Waals surface area contributed by atoms with E-state index in [1.807, 2.05) is 18.2 Å². The van der Waals surface area contributed by atoms with E-state index in [-0.39, 0.29) is 0 Å². The summed E-state index contributed by atoms with van der Waals surface area (Å²) in [5, 5.41) is 9.71. The van der Waals surface area contributed by atoms with E-state index in [1.54, 1.807) is 6.07 Å². The van der Waals surface area contributed by atoms with Gasteiger partial charge in [0.15, 0.2) is 16.6 Å². The van der Waals surface area contributed by atoms with Crippen LogP contribution in [0, 0.1) is 0 Å². The van der Waals surface area contributed by atoms with Crippen LogP contribution >= 0.6 is 0 Å². The third kappa shape index (κ3) is 5.84.